The number of benzene rings is 1. The van der Waals surface area contributed by atoms with Gasteiger partial charge in [-0.25, -0.2) is 4.68 Å². The van der Waals surface area contributed by atoms with E-state index in [4.69, 9.17) is 4.74 Å². The van der Waals surface area contributed by atoms with Crippen LogP contribution in [0.4, 0.5) is 0 Å². The summed E-state index contributed by atoms with van der Waals surface area (Å²) in [5.74, 6) is 0.765. The van der Waals surface area contributed by atoms with Crippen molar-refractivity contribution in [1.82, 2.24) is 20.2 Å². The van der Waals surface area contributed by atoms with Crippen molar-refractivity contribution in [3.63, 3.8) is 0 Å². The Morgan fingerprint density at radius 3 is 2.54 bits per heavy atom. The summed E-state index contributed by atoms with van der Waals surface area (Å²) in [7, 11) is 0. The lowest BCUT2D eigenvalue weighted by Gasteiger charge is -2.24. The van der Waals surface area contributed by atoms with Crippen molar-refractivity contribution in [2.24, 2.45) is 0 Å². The van der Waals surface area contributed by atoms with E-state index in [0.717, 1.165) is 24.2 Å². The van der Waals surface area contributed by atoms with Gasteiger partial charge in [0.2, 0.25) is 0 Å². The van der Waals surface area contributed by atoms with Crippen LogP contribution in [0.2, 0.25) is 0 Å². The molecule has 5 heteroatoms. The lowest BCUT2D eigenvalue weighted by molar-refractivity contribution is 0.00855. The minimum absolute atomic E-state index is 0.184. The molecule has 1 aliphatic carbocycles. The maximum Gasteiger partial charge on any atom is 0.184 e. The molecule has 1 heterocycles. The first-order valence-corrected chi connectivity index (χ1v) is 8.71. The van der Waals surface area contributed by atoms with Crippen LogP contribution in [0.1, 0.15) is 63.9 Å². The second-order valence-corrected chi connectivity index (χ2v) is 7.35. The fourth-order valence-electron chi connectivity index (χ4n) is 3.04. The predicted octanol–water partition coefficient (Wildman–Crippen LogP) is 4.14. The minimum atomic E-state index is -0.234. The summed E-state index contributed by atoms with van der Waals surface area (Å²) in [5, 5.41) is 12.3. The van der Waals surface area contributed by atoms with Crippen molar-refractivity contribution in [2.45, 2.75) is 64.2 Å². The molecule has 1 aromatic heterocycles. The Bertz CT molecular complexity index is 666. The molecule has 0 N–H and O–H groups in total. The van der Waals surface area contributed by atoms with E-state index in [9.17, 15) is 0 Å². The van der Waals surface area contributed by atoms with Gasteiger partial charge in [0.05, 0.1) is 11.6 Å². The number of hydrogen-bond donors (Lipinski definition) is 0. The van der Waals surface area contributed by atoms with Gasteiger partial charge in [0, 0.05) is 0 Å². The van der Waals surface area contributed by atoms with Gasteiger partial charge in [-0.15, -0.1) is 5.10 Å². The summed E-state index contributed by atoms with van der Waals surface area (Å²) >= 11 is 0. The van der Waals surface area contributed by atoms with Crippen LogP contribution in [0.15, 0.2) is 36.4 Å². The lowest BCUT2D eigenvalue weighted by atomic mass is 10.1. The van der Waals surface area contributed by atoms with Crippen LogP contribution in [0, 0.1) is 0 Å². The van der Waals surface area contributed by atoms with Gasteiger partial charge in [-0.1, -0.05) is 49.2 Å². The van der Waals surface area contributed by atoms with Gasteiger partial charge in [-0.05, 0) is 55.7 Å². The average Bonchev–Trinajstić information content (AvgIpc) is 3.23. The van der Waals surface area contributed by atoms with Crippen molar-refractivity contribution in [2.75, 3.05) is 0 Å². The zero-order valence-electron chi connectivity index (χ0n) is 14.7. The maximum absolute atomic E-state index is 6.36. The van der Waals surface area contributed by atoms with E-state index in [1.807, 2.05) is 22.9 Å². The normalized spacial score (nSPS) is 17.6. The zero-order chi connectivity index (χ0) is 17.0. The van der Waals surface area contributed by atoms with Crippen LogP contribution in [-0.4, -0.2) is 26.3 Å². The molecule has 24 heavy (non-hydrogen) atoms. The van der Waals surface area contributed by atoms with Crippen molar-refractivity contribution in [3.05, 3.63) is 47.8 Å². The summed E-state index contributed by atoms with van der Waals surface area (Å²) in [5.41, 5.74) is 0.962. The predicted molar refractivity (Wildman–Crippen MR) is 94.4 cm³/mol. The van der Waals surface area contributed by atoms with E-state index in [1.54, 1.807) is 0 Å². The van der Waals surface area contributed by atoms with Gasteiger partial charge >= 0.3 is 0 Å². The first-order chi connectivity index (χ1) is 11.5. The van der Waals surface area contributed by atoms with E-state index in [1.165, 1.54) is 12.8 Å². The van der Waals surface area contributed by atoms with Crippen molar-refractivity contribution in [3.8, 4) is 0 Å². The van der Waals surface area contributed by atoms with Gasteiger partial charge in [-0.3, -0.25) is 0 Å². The molecule has 0 amide bonds. The van der Waals surface area contributed by atoms with Crippen molar-refractivity contribution in [1.29, 1.82) is 0 Å². The molecule has 0 bridgehead atoms. The molecule has 2 aromatic rings. The zero-order valence-corrected chi connectivity index (χ0v) is 14.7. The Morgan fingerprint density at radius 1 is 1.17 bits per heavy atom. The van der Waals surface area contributed by atoms with Gasteiger partial charge in [0.1, 0.15) is 6.10 Å². The second kappa shape index (κ2) is 7.26. The summed E-state index contributed by atoms with van der Waals surface area (Å²) in [6.45, 7) is 6.29. The molecular weight excluding hydrogens is 300 g/mol. The van der Waals surface area contributed by atoms with Crippen LogP contribution >= 0.6 is 0 Å². The first-order valence-electron chi connectivity index (χ1n) is 8.71. The molecule has 1 unspecified atom stereocenters. The molecule has 0 saturated heterocycles. The minimum Gasteiger partial charge on any atom is -0.363 e. The molecule has 0 spiro atoms. The smallest absolute Gasteiger partial charge is 0.184 e. The van der Waals surface area contributed by atoms with Crippen LogP contribution in [0.3, 0.4) is 0 Å². The van der Waals surface area contributed by atoms with Gasteiger partial charge in [0.25, 0.3) is 0 Å². The molecule has 0 radical (unpaired) electrons. The Kier molecular flexibility index (Phi) is 5.09. The van der Waals surface area contributed by atoms with Crippen LogP contribution in [-0.2, 0) is 10.3 Å². The summed E-state index contributed by atoms with van der Waals surface area (Å²) < 4.78 is 8.23. The number of nitrogens with zero attached hydrogens (tertiary/aromatic N) is 4. The van der Waals surface area contributed by atoms with Crippen molar-refractivity contribution < 1.29 is 4.74 Å². The van der Waals surface area contributed by atoms with E-state index in [-0.39, 0.29) is 11.6 Å². The molecule has 1 atom stereocenters. The van der Waals surface area contributed by atoms with Crippen LogP contribution in [0.5, 0.6) is 0 Å². The summed E-state index contributed by atoms with van der Waals surface area (Å²) in [6, 6.07) is 10.2. The Balaban J connectivity index is 1.87. The summed E-state index contributed by atoms with van der Waals surface area (Å²) in [4.78, 5) is 0. The third-order valence-corrected chi connectivity index (χ3v) is 4.29. The first kappa shape index (κ1) is 16.8. The maximum atomic E-state index is 6.36. The molecule has 1 aromatic carbocycles. The Morgan fingerprint density at radius 2 is 1.88 bits per heavy atom. The number of tetrazole rings is 1. The Hall–Kier alpha value is -2.01. The van der Waals surface area contributed by atoms with Crippen LogP contribution in [0.25, 0.3) is 6.08 Å². The highest BCUT2D eigenvalue weighted by Gasteiger charge is 2.28. The largest absolute Gasteiger partial charge is 0.363 e. The molecular formula is C19H26N4O. The molecule has 1 saturated carbocycles. The highest BCUT2D eigenvalue weighted by molar-refractivity contribution is 5.49. The highest BCUT2D eigenvalue weighted by atomic mass is 16.5. The quantitative estimate of drug-likeness (QED) is 0.828. The lowest BCUT2D eigenvalue weighted by Crippen LogP contribution is -2.28. The fraction of sp³-hybridized carbons (Fsp3) is 0.526. The third kappa shape index (κ3) is 4.09. The van der Waals surface area contributed by atoms with E-state index < -0.39 is 0 Å². The van der Waals surface area contributed by atoms with E-state index in [0.29, 0.717) is 6.10 Å². The standard InChI is InChI=1S/C19H26N4O/c1-19(2,3)23-18(20-21-22-23)17(24-16-11-7-8-12-16)14-13-15-9-5-4-6-10-15/h4-6,9-10,13-14,16-17H,7-8,11-12H2,1-3H3/b14-13+. The third-order valence-electron chi connectivity index (χ3n) is 4.29. The van der Waals surface area contributed by atoms with Gasteiger partial charge < -0.3 is 4.74 Å². The van der Waals surface area contributed by atoms with Crippen LogP contribution < -0.4 is 0 Å². The summed E-state index contributed by atoms with van der Waals surface area (Å²) in [6.07, 6.45) is 8.93. The molecule has 1 fully saturated rings. The topological polar surface area (TPSA) is 52.8 Å². The van der Waals surface area contributed by atoms with E-state index >= 15 is 0 Å². The fourth-order valence-corrected chi connectivity index (χ4v) is 3.04. The molecule has 1 aliphatic rings. The molecule has 5 nitrogen and oxygen atoms in total. The number of hydrogen-bond acceptors (Lipinski definition) is 4. The Labute approximate surface area is 143 Å². The highest BCUT2D eigenvalue weighted by Crippen LogP contribution is 2.29. The molecule has 3 rings (SSSR count). The second-order valence-electron chi connectivity index (χ2n) is 7.35. The SMILES string of the molecule is CC(C)(C)n1nnnc1C(/C=C/c1ccccc1)OC1CCCC1. The van der Waals surface area contributed by atoms with E-state index in [2.05, 4.69) is 60.6 Å². The van der Waals surface area contributed by atoms with Gasteiger partial charge in [-0.2, -0.15) is 0 Å². The number of rotatable bonds is 5. The van der Waals surface area contributed by atoms with Gasteiger partial charge in [0.15, 0.2) is 5.82 Å². The number of aromatic nitrogens is 4. The molecule has 128 valence electrons. The molecule has 0 aliphatic heterocycles. The average molecular weight is 326 g/mol. The number of ether oxygens (including phenoxy) is 1. The van der Waals surface area contributed by atoms with Crippen molar-refractivity contribution >= 4 is 6.08 Å². The monoisotopic (exact) mass is 326 g/mol.